The summed E-state index contributed by atoms with van der Waals surface area (Å²) < 4.78 is 5.23. The normalized spacial score (nSPS) is 12.9. The molecule has 0 fully saturated rings. The summed E-state index contributed by atoms with van der Waals surface area (Å²) in [6.45, 7) is 4.93. The van der Waals surface area contributed by atoms with E-state index in [0.29, 0.717) is 0 Å². The van der Waals surface area contributed by atoms with Crippen LogP contribution < -0.4 is 0 Å². The maximum atomic E-state index is 9.26. The van der Waals surface area contributed by atoms with Gasteiger partial charge in [-0.2, -0.15) is 14.3 Å². The van der Waals surface area contributed by atoms with E-state index in [-0.39, 0.29) is 0 Å². The summed E-state index contributed by atoms with van der Waals surface area (Å²) in [7, 11) is -3.20. The van der Waals surface area contributed by atoms with E-state index in [9.17, 15) is 9.79 Å². The van der Waals surface area contributed by atoms with Gasteiger partial charge in [0, 0.05) is 0 Å². The maximum Gasteiger partial charge on any atom is 0.403 e. The lowest BCUT2D eigenvalue weighted by Gasteiger charge is -2.24. The molecule has 78 valence electrons. The van der Waals surface area contributed by atoms with Crippen molar-refractivity contribution in [3.63, 3.8) is 0 Å². The molecule has 0 unspecified atom stereocenters. The van der Waals surface area contributed by atoms with Crippen LogP contribution in [0.5, 0.6) is 0 Å². The summed E-state index contributed by atoms with van der Waals surface area (Å²) in [5, 5.41) is 0. The van der Waals surface area contributed by atoms with Crippen LogP contribution in [0.4, 0.5) is 0 Å². The van der Waals surface area contributed by atoms with Crippen LogP contribution in [0.3, 0.4) is 0 Å². The highest BCUT2D eigenvalue weighted by molar-refractivity contribution is 7.58. The lowest BCUT2D eigenvalue weighted by atomic mass is 9.99. The van der Waals surface area contributed by atoms with Gasteiger partial charge in [0.25, 0.3) is 0 Å². The summed E-state index contributed by atoms with van der Waals surface area (Å²) in [5.41, 5.74) is 0.252. The fourth-order valence-electron chi connectivity index (χ4n) is 1.32. The van der Waals surface area contributed by atoms with Crippen LogP contribution in [0.25, 0.3) is 0 Å². The molecule has 0 atom stereocenters. The topological polar surface area (TPSA) is 49.7 Å². The molecule has 0 amide bonds. The van der Waals surface area contributed by atoms with Crippen LogP contribution >= 0.6 is 7.94 Å². The molecule has 4 heteroatoms. The van der Waals surface area contributed by atoms with Gasteiger partial charge < -0.3 is 0 Å². The molecule has 1 rings (SSSR count). The Morgan fingerprint density at radius 2 is 1.64 bits per heavy atom. The maximum absolute atomic E-state index is 9.26. The summed E-state index contributed by atoms with van der Waals surface area (Å²) >= 11 is 0. The van der Waals surface area contributed by atoms with Crippen molar-refractivity contribution in [3.05, 3.63) is 35.9 Å². The van der Waals surface area contributed by atoms with Gasteiger partial charge in [-0.1, -0.05) is 30.3 Å². The molecule has 0 aliphatic rings. The van der Waals surface area contributed by atoms with Crippen LogP contribution in [-0.2, 0) is 10.1 Å². The predicted molar refractivity (Wildman–Crippen MR) is 57.8 cm³/mol. The van der Waals surface area contributed by atoms with Gasteiger partial charge in [0.05, 0.1) is 0 Å². The number of hydrogen-bond acceptors (Lipinski definition) is 3. The molecule has 0 aliphatic carbocycles. The Hall–Kier alpha value is -0.470. The highest BCUT2D eigenvalue weighted by atomic mass is 31.2. The van der Waals surface area contributed by atoms with Crippen LogP contribution in [0.15, 0.2) is 30.3 Å². The molecule has 0 saturated carbocycles. The predicted octanol–water partition coefficient (Wildman–Crippen LogP) is 2.32. The Labute approximate surface area is 84.9 Å². The number of benzene rings is 1. The summed E-state index contributed by atoms with van der Waals surface area (Å²) in [6, 6.07) is 9.49. The monoisotopic (exact) mass is 215 g/mol. The molecular weight excluding hydrogens is 199 g/mol. The first-order chi connectivity index (χ1) is 6.31. The SMILES string of the molecule is CC(C)(O[P+](C)(O)O)c1ccccc1. The third kappa shape index (κ3) is 3.35. The first-order valence-electron chi connectivity index (χ1n) is 4.39. The van der Waals surface area contributed by atoms with E-state index in [1.54, 1.807) is 0 Å². The van der Waals surface area contributed by atoms with Gasteiger partial charge in [-0.15, -0.1) is 0 Å². The van der Waals surface area contributed by atoms with E-state index >= 15 is 0 Å². The first-order valence-corrected chi connectivity index (χ1v) is 6.45. The minimum Gasteiger partial charge on any atom is -0.193 e. The van der Waals surface area contributed by atoms with Crippen molar-refractivity contribution in [2.75, 3.05) is 6.66 Å². The van der Waals surface area contributed by atoms with E-state index in [2.05, 4.69) is 0 Å². The molecule has 0 bridgehead atoms. The molecule has 1 aromatic rings. The highest BCUT2D eigenvalue weighted by Crippen LogP contribution is 2.52. The van der Waals surface area contributed by atoms with E-state index < -0.39 is 13.5 Å². The van der Waals surface area contributed by atoms with Crippen molar-refractivity contribution in [2.45, 2.75) is 19.4 Å². The summed E-state index contributed by atoms with van der Waals surface area (Å²) in [6.07, 6.45) is 0. The fraction of sp³-hybridized carbons (Fsp3) is 0.400. The Bertz CT molecular complexity index is 290. The van der Waals surface area contributed by atoms with Crippen molar-refractivity contribution < 1.29 is 14.3 Å². The molecule has 2 N–H and O–H groups in total. The molecule has 0 saturated heterocycles. The molecule has 0 spiro atoms. The Morgan fingerprint density at radius 1 is 1.14 bits per heavy atom. The van der Waals surface area contributed by atoms with Gasteiger partial charge in [-0.3, -0.25) is 0 Å². The third-order valence-corrected chi connectivity index (χ3v) is 2.67. The summed E-state index contributed by atoms with van der Waals surface area (Å²) in [4.78, 5) is 18.5. The number of rotatable bonds is 3. The first kappa shape index (κ1) is 11.6. The smallest absolute Gasteiger partial charge is 0.193 e. The van der Waals surface area contributed by atoms with Crippen LogP contribution in [0.2, 0.25) is 0 Å². The zero-order valence-corrected chi connectivity index (χ0v) is 9.53. The van der Waals surface area contributed by atoms with Gasteiger partial charge in [0.15, 0.2) is 0 Å². The standard InChI is InChI=1S/C10H16O3P/c1-10(2,13-14(3,11)12)9-7-5-4-6-8-9/h4-8,11-12H,1-3H3/q+1. The molecule has 3 nitrogen and oxygen atoms in total. The molecule has 0 heterocycles. The average molecular weight is 215 g/mol. The van der Waals surface area contributed by atoms with E-state index in [1.165, 1.54) is 6.66 Å². The summed E-state index contributed by atoms with van der Waals surface area (Å²) in [5.74, 6) is 0. The van der Waals surface area contributed by atoms with Crippen molar-refractivity contribution >= 4 is 7.94 Å². The van der Waals surface area contributed by atoms with Gasteiger partial charge >= 0.3 is 7.94 Å². The Morgan fingerprint density at radius 3 is 2.07 bits per heavy atom. The van der Waals surface area contributed by atoms with Crippen molar-refractivity contribution in [3.8, 4) is 0 Å². The van der Waals surface area contributed by atoms with E-state index in [0.717, 1.165) is 5.56 Å². The molecule has 0 radical (unpaired) electrons. The highest BCUT2D eigenvalue weighted by Gasteiger charge is 2.38. The molecule has 0 aromatic heterocycles. The molecule has 1 aromatic carbocycles. The Balaban J connectivity index is 2.86. The van der Waals surface area contributed by atoms with Gasteiger partial charge in [-0.25, -0.2) is 0 Å². The van der Waals surface area contributed by atoms with Crippen LogP contribution in [0.1, 0.15) is 19.4 Å². The second-order valence-corrected chi connectivity index (χ2v) is 5.66. The largest absolute Gasteiger partial charge is 0.403 e. The average Bonchev–Trinajstić information content (AvgIpc) is 2.01. The minimum atomic E-state index is -3.20. The third-order valence-electron chi connectivity index (χ3n) is 1.87. The van der Waals surface area contributed by atoms with Crippen molar-refractivity contribution in [1.82, 2.24) is 0 Å². The zero-order valence-electron chi connectivity index (χ0n) is 8.64. The van der Waals surface area contributed by atoms with E-state index in [4.69, 9.17) is 4.52 Å². The van der Waals surface area contributed by atoms with Crippen LogP contribution in [-0.4, -0.2) is 16.5 Å². The molecular formula is C10H16O3P+. The second kappa shape index (κ2) is 3.95. The van der Waals surface area contributed by atoms with E-state index in [1.807, 2.05) is 44.2 Å². The van der Waals surface area contributed by atoms with Crippen LogP contribution in [0, 0.1) is 0 Å². The molecule has 0 aliphatic heterocycles. The minimum absolute atomic E-state index is 0.673. The quantitative estimate of drug-likeness (QED) is 0.761. The second-order valence-electron chi connectivity index (χ2n) is 3.80. The molecule has 14 heavy (non-hydrogen) atoms. The van der Waals surface area contributed by atoms with Gasteiger partial charge in [0.2, 0.25) is 0 Å². The zero-order chi connectivity index (χ0) is 10.8. The lowest BCUT2D eigenvalue weighted by molar-refractivity contribution is 0.0781. The number of hydrogen-bond donors (Lipinski definition) is 2. The van der Waals surface area contributed by atoms with Crippen molar-refractivity contribution in [2.24, 2.45) is 0 Å². The van der Waals surface area contributed by atoms with Gasteiger partial charge in [0.1, 0.15) is 12.3 Å². The Kier molecular flexibility index (Phi) is 3.28. The fourth-order valence-corrected chi connectivity index (χ4v) is 2.29. The van der Waals surface area contributed by atoms with Crippen molar-refractivity contribution in [1.29, 1.82) is 0 Å². The lowest BCUT2D eigenvalue weighted by Crippen LogP contribution is -2.21. The van der Waals surface area contributed by atoms with Gasteiger partial charge in [-0.05, 0) is 19.4 Å².